The summed E-state index contributed by atoms with van der Waals surface area (Å²) >= 11 is 0. The maximum absolute atomic E-state index is 11.9. The lowest BCUT2D eigenvalue weighted by Gasteiger charge is -2.17. The van der Waals surface area contributed by atoms with Gasteiger partial charge in [0, 0.05) is 24.1 Å². The number of hydrogen-bond acceptors (Lipinski definition) is 5. The van der Waals surface area contributed by atoms with Crippen LogP contribution in [0.25, 0.3) is 6.08 Å². The fraction of sp³-hybridized carbons (Fsp3) is 0.250. The third-order valence-corrected chi connectivity index (χ3v) is 6.30. The van der Waals surface area contributed by atoms with Gasteiger partial charge in [-0.15, -0.1) is 0 Å². The SMILES string of the molecule is NS(=O)(=O)C1CC(=O)N(c2ccc3c(c2)S(=O)(=O)C=C3)C1. The van der Waals surface area contributed by atoms with Gasteiger partial charge in [-0.25, -0.2) is 22.0 Å². The summed E-state index contributed by atoms with van der Waals surface area (Å²) < 4.78 is 46.3. The first kappa shape index (κ1) is 14.2. The molecule has 3 rings (SSSR count). The highest BCUT2D eigenvalue weighted by atomic mass is 32.2. The van der Waals surface area contributed by atoms with Crippen molar-refractivity contribution in [2.75, 3.05) is 11.4 Å². The highest BCUT2D eigenvalue weighted by Gasteiger charge is 2.37. The molecule has 2 heterocycles. The Labute approximate surface area is 122 Å². The van der Waals surface area contributed by atoms with E-state index in [0.29, 0.717) is 11.3 Å². The molecule has 1 saturated heterocycles. The van der Waals surface area contributed by atoms with Crippen molar-refractivity contribution in [1.29, 1.82) is 0 Å². The lowest BCUT2D eigenvalue weighted by molar-refractivity contribution is -0.117. The predicted molar refractivity (Wildman–Crippen MR) is 76.5 cm³/mol. The van der Waals surface area contributed by atoms with E-state index in [9.17, 15) is 21.6 Å². The quantitative estimate of drug-likeness (QED) is 0.810. The van der Waals surface area contributed by atoms with Crippen LogP contribution in [0.2, 0.25) is 0 Å². The van der Waals surface area contributed by atoms with Crippen LogP contribution in [-0.2, 0) is 24.7 Å². The van der Waals surface area contributed by atoms with Crippen LogP contribution in [0, 0.1) is 0 Å². The Kier molecular flexibility index (Phi) is 2.98. The van der Waals surface area contributed by atoms with Crippen molar-refractivity contribution in [2.24, 2.45) is 5.14 Å². The summed E-state index contributed by atoms with van der Waals surface area (Å²) in [5.41, 5.74) is 0.908. The van der Waals surface area contributed by atoms with Crippen molar-refractivity contribution in [3.8, 4) is 0 Å². The maximum atomic E-state index is 11.9. The number of hydrogen-bond donors (Lipinski definition) is 1. The van der Waals surface area contributed by atoms with Crippen LogP contribution in [0.5, 0.6) is 0 Å². The van der Waals surface area contributed by atoms with Crippen LogP contribution < -0.4 is 10.0 Å². The first-order chi connectivity index (χ1) is 9.68. The third kappa shape index (κ3) is 2.37. The molecule has 1 unspecified atom stereocenters. The zero-order valence-electron chi connectivity index (χ0n) is 10.8. The molecule has 21 heavy (non-hydrogen) atoms. The molecule has 2 aliphatic rings. The van der Waals surface area contributed by atoms with Gasteiger partial charge in [0.1, 0.15) is 5.25 Å². The molecule has 2 aliphatic heterocycles. The second-order valence-corrected chi connectivity index (χ2v) is 8.64. The topological polar surface area (TPSA) is 115 Å². The van der Waals surface area contributed by atoms with Gasteiger partial charge in [0.15, 0.2) is 0 Å². The third-order valence-electron chi connectivity index (χ3n) is 3.60. The zero-order valence-corrected chi connectivity index (χ0v) is 12.4. The average Bonchev–Trinajstić information content (AvgIpc) is 2.90. The van der Waals surface area contributed by atoms with Gasteiger partial charge in [0.05, 0.1) is 4.90 Å². The summed E-state index contributed by atoms with van der Waals surface area (Å²) in [5.74, 6) is -0.391. The highest BCUT2D eigenvalue weighted by Crippen LogP contribution is 2.32. The molecule has 2 N–H and O–H groups in total. The molecule has 0 saturated carbocycles. The van der Waals surface area contributed by atoms with Crippen molar-refractivity contribution < 1.29 is 21.6 Å². The molecule has 1 atom stereocenters. The van der Waals surface area contributed by atoms with Crippen molar-refractivity contribution >= 4 is 37.5 Å². The summed E-state index contributed by atoms with van der Waals surface area (Å²) in [6.45, 7) is -0.0655. The number of nitrogens with zero attached hydrogens (tertiary/aromatic N) is 1. The molecule has 1 amide bonds. The number of sulfonamides is 1. The van der Waals surface area contributed by atoms with E-state index in [4.69, 9.17) is 5.14 Å². The second kappa shape index (κ2) is 4.39. The van der Waals surface area contributed by atoms with Crippen molar-refractivity contribution in [3.63, 3.8) is 0 Å². The first-order valence-corrected chi connectivity index (χ1v) is 9.23. The molecule has 7 nitrogen and oxygen atoms in total. The number of benzene rings is 1. The monoisotopic (exact) mass is 328 g/mol. The first-order valence-electron chi connectivity index (χ1n) is 6.08. The molecule has 112 valence electrons. The van der Waals surface area contributed by atoms with E-state index >= 15 is 0 Å². The Morgan fingerprint density at radius 1 is 1.29 bits per heavy atom. The fourth-order valence-electron chi connectivity index (χ4n) is 2.46. The van der Waals surface area contributed by atoms with E-state index in [-0.39, 0.29) is 17.9 Å². The van der Waals surface area contributed by atoms with Gasteiger partial charge in [0.2, 0.25) is 25.8 Å². The average molecular weight is 328 g/mol. The van der Waals surface area contributed by atoms with Gasteiger partial charge >= 0.3 is 0 Å². The zero-order chi connectivity index (χ0) is 15.4. The molecule has 0 aromatic heterocycles. The summed E-state index contributed by atoms with van der Waals surface area (Å²) in [5, 5.41) is 5.20. The minimum absolute atomic E-state index is 0.0655. The van der Waals surface area contributed by atoms with Crippen LogP contribution in [-0.4, -0.2) is 34.5 Å². The number of amides is 1. The molecular formula is C12H12N2O5S2. The number of anilines is 1. The van der Waals surface area contributed by atoms with Gasteiger partial charge in [0.25, 0.3) is 0 Å². The standard InChI is InChI=1S/C12H12N2O5S2/c13-21(18,19)10-6-12(15)14(7-10)9-2-1-8-3-4-20(16,17)11(8)5-9/h1-5,10H,6-7H2,(H2,13,18,19). The van der Waals surface area contributed by atoms with Crippen molar-refractivity contribution in [1.82, 2.24) is 0 Å². The Balaban J connectivity index is 1.99. The molecule has 1 aromatic rings. The summed E-state index contributed by atoms with van der Waals surface area (Å²) in [4.78, 5) is 13.3. The molecular weight excluding hydrogens is 316 g/mol. The fourth-order valence-corrected chi connectivity index (χ4v) is 4.41. The Morgan fingerprint density at radius 3 is 2.62 bits per heavy atom. The number of rotatable bonds is 2. The van der Waals surface area contributed by atoms with Gasteiger partial charge in [-0.2, -0.15) is 0 Å². The summed E-state index contributed by atoms with van der Waals surface area (Å²) in [6, 6.07) is 4.56. The van der Waals surface area contributed by atoms with Crippen LogP contribution in [0.3, 0.4) is 0 Å². The van der Waals surface area contributed by atoms with Gasteiger partial charge < -0.3 is 4.90 Å². The number of sulfone groups is 1. The molecule has 1 aromatic carbocycles. The van der Waals surface area contributed by atoms with E-state index in [1.54, 1.807) is 12.1 Å². The van der Waals surface area contributed by atoms with Crippen molar-refractivity contribution in [2.45, 2.75) is 16.6 Å². The van der Waals surface area contributed by atoms with E-state index in [0.717, 1.165) is 5.41 Å². The normalized spacial score (nSPS) is 23.6. The maximum Gasteiger partial charge on any atom is 0.228 e. The molecule has 9 heteroatoms. The minimum atomic E-state index is -3.80. The Hall–Kier alpha value is -1.71. The number of primary sulfonamides is 1. The minimum Gasteiger partial charge on any atom is -0.311 e. The number of nitrogens with two attached hydrogens (primary N) is 1. The van der Waals surface area contributed by atoms with Gasteiger partial charge in [-0.1, -0.05) is 6.07 Å². The van der Waals surface area contributed by atoms with Crippen LogP contribution in [0.1, 0.15) is 12.0 Å². The number of fused-ring (bicyclic) bond motifs is 1. The van der Waals surface area contributed by atoms with E-state index in [1.807, 2.05) is 0 Å². The molecule has 0 radical (unpaired) electrons. The lowest BCUT2D eigenvalue weighted by Crippen LogP contribution is -2.32. The van der Waals surface area contributed by atoms with Gasteiger partial charge in [-0.05, 0) is 23.8 Å². The van der Waals surface area contributed by atoms with E-state index in [1.165, 1.54) is 17.0 Å². The second-order valence-electron chi connectivity index (χ2n) is 4.99. The lowest BCUT2D eigenvalue weighted by atomic mass is 10.2. The van der Waals surface area contributed by atoms with E-state index < -0.39 is 31.0 Å². The molecule has 1 fully saturated rings. The van der Waals surface area contributed by atoms with Crippen LogP contribution >= 0.6 is 0 Å². The molecule has 0 bridgehead atoms. The Morgan fingerprint density at radius 2 is 2.00 bits per heavy atom. The summed E-state index contributed by atoms with van der Waals surface area (Å²) in [7, 11) is -7.28. The largest absolute Gasteiger partial charge is 0.311 e. The van der Waals surface area contributed by atoms with Gasteiger partial charge in [-0.3, -0.25) is 4.79 Å². The van der Waals surface area contributed by atoms with E-state index in [2.05, 4.69) is 0 Å². The van der Waals surface area contributed by atoms with Crippen molar-refractivity contribution in [3.05, 3.63) is 29.2 Å². The Bertz CT molecular complexity index is 871. The predicted octanol–water partition coefficient (Wildman–Crippen LogP) is -0.162. The van der Waals surface area contributed by atoms with Crippen LogP contribution in [0.15, 0.2) is 28.5 Å². The summed E-state index contributed by atoms with van der Waals surface area (Å²) in [6.07, 6.45) is 1.29. The highest BCUT2D eigenvalue weighted by molar-refractivity contribution is 7.94. The molecule has 0 spiro atoms. The number of carbonyl (C=O) groups is 1. The van der Waals surface area contributed by atoms with Crippen LogP contribution in [0.4, 0.5) is 5.69 Å². The smallest absolute Gasteiger partial charge is 0.228 e. The molecule has 0 aliphatic carbocycles. The number of carbonyl (C=O) groups excluding carboxylic acids is 1.